The van der Waals surface area contributed by atoms with E-state index in [0.717, 1.165) is 33.6 Å². The Kier molecular flexibility index (Phi) is 9.82. The summed E-state index contributed by atoms with van der Waals surface area (Å²) in [6.07, 6.45) is 2.31. The molecule has 0 aliphatic carbocycles. The quantitative estimate of drug-likeness (QED) is 0.117. The molecule has 0 unspecified atom stereocenters. The molecule has 0 amide bonds. The van der Waals surface area contributed by atoms with Crippen LogP contribution < -0.4 is 0 Å². The van der Waals surface area contributed by atoms with Gasteiger partial charge in [-0.3, -0.25) is 0 Å². The number of aromatic nitrogens is 2. The van der Waals surface area contributed by atoms with Gasteiger partial charge in [-0.15, -0.1) is 0 Å². The van der Waals surface area contributed by atoms with Crippen LogP contribution in [0.15, 0.2) is 164 Å². The van der Waals surface area contributed by atoms with Gasteiger partial charge in [-0.05, 0) is 41.7 Å². The van der Waals surface area contributed by atoms with Crippen LogP contribution in [-0.2, 0) is 37.7 Å². The normalized spacial score (nSPS) is 17.1. The summed E-state index contributed by atoms with van der Waals surface area (Å²) in [6, 6.07) is 52.2. The summed E-state index contributed by atoms with van der Waals surface area (Å²) < 4.78 is 28.8. The molecule has 5 aromatic carbocycles. The van der Waals surface area contributed by atoms with E-state index in [-0.39, 0.29) is 0 Å². The van der Waals surface area contributed by atoms with Crippen molar-refractivity contribution >= 4 is 0 Å². The number of hydrogen-bond acceptors (Lipinski definition) is 5. The van der Waals surface area contributed by atoms with E-state index in [0.29, 0.717) is 19.8 Å². The van der Waals surface area contributed by atoms with Crippen LogP contribution >= 0.6 is 0 Å². The standard InChI is InChI=1S/C43H42N2O4/c1-42(2)48-32-38(49-42)39(46-30-33-18-8-3-9-19-33)40(47-31-34-20-10-4-11-21-34)41-44-28-29-45(41)43(35-22-12-5-13-23-35,36-24-14-6-15-25-36)37-26-16-7-17-27-37/h3-29,38-40H,30-32H2,1-2H3/t38-,39+,40+/m0/s1. The first-order chi connectivity index (χ1) is 24.0. The van der Waals surface area contributed by atoms with Crippen molar-refractivity contribution in [3.63, 3.8) is 0 Å². The van der Waals surface area contributed by atoms with Gasteiger partial charge < -0.3 is 23.5 Å². The molecule has 1 aromatic heterocycles. The van der Waals surface area contributed by atoms with Crippen molar-refractivity contribution in [3.05, 3.63) is 198 Å². The summed E-state index contributed by atoms with van der Waals surface area (Å²) in [5, 5.41) is 0. The van der Waals surface area contributed by atoms with Gasteiger partial charge >= 0.3 is 0 Å². The van der Waals surface area contributed by atoms with Crippen LogP contribution in [0.4, 0.5) is 0 Å². The third kappa shape index (κ3) is 7.00. The second-order valence-electron chi connectivity index (χ2n) is 12.8. The van der Waals surface area contributed by atoms with Crippen LogP contribution in [0, 0.1) is 0 Å². The fourth-order valence-corrected chi connectivity index (χ4v) is 6.87. The predicted molar refractivity (Wildman–Crippen MR) is 191 cm³/mol. The summed E-state index contributed by atoms with van der Waals surface area (Å²) in [5.74, 6) is -0.0424. The van der Waals surface area contributed by atoms with Crippen molar-refractivity contribution in [3.8, 4) is 0 Å². The van der Waals surface area contributed by atoms with E-state index in [9.17, 15) is 0 Å². The highest BCUT2D eigenvalue weighted by Crippen LogP contribution is 2.44. The van der Waals surface area contributed by atoms with Crippen molar-refractivity contribution in [2.24, 2.45) is 0 Å². The van der Waals surface area contributed by atoms with Crippen LogP contribution in [0.5, 0.6) is 0 Å². The van der Waals surface area contributed by atoms with E-state index in [1.54, 1.807) is 0 Å². The lowest BCUT2D eigenvalue weighted by atomic mass is 9.76. The number of benzene rings is 5. The topological polar surface area (TPSA) is 54.7 Å². The predicted octanol–water partition coefficient (Wildman–Crippen LogP) is 8.72. The van der Waals surface area contributed by atoms with Gasteiger partial charge in [0.1, 0.15) is 29.7 Å². The van der Waals surface area contributed by atoms with E-state index < -0.39 is 29.6 Å². The molecule has 6 nitrogen and oxygen atoms in total. The number of nitrogens with zero attached hydrogens (tertiary/aromatic N) is 2. The second-order valence-corrected chi connectivity index (χ2v) is 12.8. The first-order valence-corrected chi connectivity index (χ1v) is 16.9. The highest BCUT2D eigenvalue weighted by Gasteiger charge is 2.47. The average Bonchev–Trinajstić information content (AvgIpc) is 3.78. The summed E-state index contributed by atoms with van der Waals surface area (Å²) in [4.78, 5) is 5.12. The minimum Gasteiger partial charge on any atom is -0.368 e. The zero-order valence-electron chi connectivity index (χ0n) is 28.0. The first-order valence-electron chi connectivity index (χ1n) is 16.9. The molecule has 1 aliphatic rings. The molecule has 3 atom stereocenters. The molecule has 248 valence electrons. The Bertz CT molecular complexity index is 1780. The lowest BCUT2D eigenvalue weighted by Gasteiger charge is -2.40. The number of hydrogen-bond donors (Lipinski definition) is 0. The van der Waals surface area contributed by atoms with Gasteiger partial charge in [0.15, 0.2) is 5.79 Å². The highest BCUT2D eigenvalue weighted by molar-refractivity contribution is 5.51. The largest absolute Gasteiger partial charge is 0.368 e. The highest BCUT2D eigenvalue weighted by atomic mass is 16.8. The Hall–Kier alpha value is -4.85. The van der Waals surface area contributed by atoms with Gasteiger partial charge in [0.2, 0.25) is 0 Å². The van der Waals surface area contributed by atoms with Crippen molar-refractivity contribution in [1.82, 2.24) is 9.55 Å². The van der Waals surface area contributed by atoms with Crippen molar-refractivity contribution < 1.29 is 18.9 Å². The van der Waals surface area contributed by atoms with Crippen molar-refractivity contribution in [2.75, 3.05) is 6.61 Å². The Balaban J connectivity index is 1.42. The third-order valence-corrected chi connectivity index (χ3v) is 9.11. The maximum atomic E-state index is 7.00. The van der Waals surface area contributed by atoms with E-state index in [1.807, 2.05) is 56.4 Å². The van der Waals surface area contributed by atoms with Gasteiger partial charge in [0.05, 0.1) is 19.8 Å². The van der Waals surface area contributed by atoms with Crippen molar-refractivity contribution in [1.29, 1.82) is 0 Å². The molecule has 0 N–H and O–H groups in total. The molecule has 6 aromatic rings. The second kappa shape index (κ2) is 14.7. The Labute approximate surface area is 288 Å². The molecule has 1 fully saturated rings. The molecule has 0 spiro atoms. The molecule has 0 saturated carbocycles. The lowest BCUT2D eigenvalue weighted by molar-refractivity contribution is -0.182. The minimum atomic E-state index is -0.791. The van der Waals surface area contributed by atoms with E-state index in [1.165, 1.54) is 0 Å². The lowest BCUT2D eigenvalue weighted by Crippen LogP contribution is -2.43. The van der Waals surface area contributed by atoms with Crippen LogP contribution in [0.1, 0.15) is 53.6 Å². The van der Waals surface area contributed by atoms with Crippen LogP contribution in [0.3, 0.4) is 0 Å². The van der Waals surface area contributed by atoms with Gasteiger partial charge in [-0.25, -0.2) is 4.98 Å². The van der Waals surface area contributed by atoms with E-state index in [2.05, 4.69) is 126 Å². The van der Waals surface area contributed by atoms with Crippen LogP contribution in [-0.4, -0.2) is 34.2 Å². The molecule has 2 heterocycles. The van der Waals surface area contributed by atoms with E-state index >= 15 is 0 Å². The molecular formula is C43H42N2O4. The summed E-state index contributed by atoms with van der Waals surface area (Å²) in [6.45, 7) is 4.97. The Morgan fingerprint density at radius 1 is 0.673 bits per heavy atom. The van der Waals surface area contributed by atoms with Gasteiger partial charge in [0.25, 0.3) is 0 Å². The van der Waals surface area contributed by atoms with E-state index in [4.69, 9.17) is 23.9 Å². The van der Waals surface area contributed by atoms with Gasteiger partial charge in [0, 0.05) is 12.4 Å². The van der Waals surface area contributed by atoms with Gasteiger partial charge in [-0.1, -0.05) is 152 Å². The summed E-state index contributed by atoms with van der Waals surface area (Å²) >= 11 is 0. The van der Waals surface area contributed by atoms with Crippen LogP contribution in [0.25, 0.3) is 0 Å². The maximum absolute atomic E-state index is 7.00. The van der Waals surface area contributed by atoms with Gasteiger partial charge in [-0.2, -0.15) is 0 Å². The number of ether oxygens (including phenoxy) is 4. The SMILES string of the molecule is CC1(C)OC[C@@H]([C@@H](OCc2ccccc2)[C@@H](OCc2ccccc2)c2nccn2C(c2ccccc2)(c2ccccc2)c2ccccc2)O1. The first kappa shape index (κ1) is 32.7. The minimum absolute atomic E-state index is 0.357. The molecule has 7 rings (SSSR count). The summed E-state index contributed by atoms with van der Waals surface area (Å²) in [5.41, 5.74) is 4.60. The maximum Gasteiger partial charge on any atom is 0.163 e. The fourth-order valence-electron chi connectivity index (χ4n) is 6.87. The zero-order valence-corrected chi connectivity index (χ0v) is 28.0. The molecular weight excluding hydrogens is 608 g/mol. The fraction of sp³-hybridized carbons (Fsp3) is 0.233. The molecule has 1 saturated heterocycles. The Morgan fingerprint density at radius 3 is 1.57 bits per heavy atom. The monoisotopic (exact) mass is 650 g/mol. The average molecular weight is 651 g/mol. The number of rotatable bonds is 13. The van der Waals surface area contributed by atoms with Crippen LogP contribution in [0.2, 0.25) is 0 Å². The third-order valence-electron chi connectivity index (χ3n) is 9.11. The Morgan fingerprint density at radius 2 is 1.12 bits per heavy atom. The molecule has 0 bridgehead atoms. The zero-order chi connectivity index (χ0) is 33.5. The van der Waals surface area contributed by atoms with Crippen molar-refractivity contribution in [2.45, 2.75) is 56.7 Å². The molecule has 6 heteroatoms. The smallest absolute Gasteiger partial charge is 0.163 e. The molecule has 0 radical (unpaired) electrons. The number of imidazole rings is 1. The molecule has 1 aliphatic heterocycles. The summed E-state index contributed by atoms with van der Waals surface area (Å²) in [7, 11) is 0. The molecule has 49 heavy (non-hydrogen) atoms.